The van der Waals surface area contributed by atoms with Crippen LogP contribution in [0.2, 0.25) is 0 Å². The van der Waals surface area contributed by atoms with Gasteiger partial charge < -0.3 is 15.5 Å². The molecule has 1 aliphatic carbocycles. The predicted octanol–water partition coefficient (Wildman–Crippen LogP) is 2.23. The highest BCUT2D eigenvalue weighted by molar-refractivity contribution is 5.81. The van der Waals surface area contributed by atoms with Crippen LogP contribution >= 0.6 is 0 Å². The van der Waals surface area contributed by atoms with E-state index < -0.39 is 0 Å². The Kier molecular flexibility index (Phi) is 4.32. The molecule has 4 heteroatoms. The van der Waals surface area contributed by atoms with Gasteiger partial charge in [-0.3, -0.25) is 4.99 Å². The van der Waals surface area contributed by atoms with Gasteiger partial charge in [0.2, 0.25) is 0 Å². The maximum atomic E-state index is 4.58. The summed E-state index contributed by atoms with van der Waals surface area (Å²) >= 11 is 0. The Morgan fingerprint density at radius 1 is 1.29 bits per heavy atom. The van der Waals surface area contributed by atoms with E-state index in [1.165, 1.54) is 18.5 Å². The van der Waals surface area contributed by atoms with Gasteiger partial charge in [0.25, 0.3) is 0 Å². The van der Waals surface area contributed by atoms with E-state index in [1.807, 2.05) is 0 Å². The SMILES string of the molecule is CCN=C(NC1CCN(c2ccccc2)C1)NC1CC1C. The molecule has 1 aromatic carbocycles. The molecule has 1 aromatic rings. The molecule has 0 radical (unpaired) electrons. The molecule has 0 spiro atoms. The minimum absolute atomic E-state index is 0.483. The lowest BCUT2D eigenvalue weighted by Gasteiger charge is -2.20. The molecule has 4 nitrogen and oxygen atoms in total. The first-order chi connectivity index (χ1) is 10.3. The summed E-state index contributed by atoms with van der Waals surface area (Å²) < 4.78 is 0. The summed E-state index contributed by atoms with van der Waals surface area (Å²) in [7, 11) is 0. The van der Waals surface area contributed by atoms with E-state index in [0.717, 1.165) is 31.5 Å². The Morgan fingerprint density at radius 2 is 2.05 bits per heavy atom. The lowest BCUT2D eigenvalue weighted by atomic mass is 10.3. The highest BCUT2D eigenvalue weighted by Gasteiger charge is 2.34. The molecule has 1 saturated heterocycles. The van der Waals surface area contributed by atoms with Crippen LogP contribution in [0.15, 0.2) is 35.3 Å². The van der Waals surface area contributed by atoms with E-state index in [2.05, 4.69) is 64.7 Å². The first-order valence-electron chi connectivity index (χ1n) is 8.13. The zero-order valence-corrected chi connectivity index (χ0v) is 13.0. The van der Waals surface area contributed by atoms with Gasteiger partial charge in [-0.2, -0.15) is 0 Å². The standard InChI is InChI=1S/C17H26N4/c1-3-18-17(20-16-11-13(16)2)19-14-9-10-21(12-14)15-7-5-4-6-8-15/h4-8,13-14,16H,3,9-12H2,1-2H3,(H2,18,19,20). The fraction of sp³-hybridized carbons (Fsp3) is 0.588. The van der Waals surface area contributed by atoms with Gasteiger partial charge >= 0.3 is 0 Å². The summed E-state index contributed by atoms with van der Waals surface area (Å²) in [4.78, 5) is 7.02. The Morgan fingerprint density at radius 3 is 2.71 bits per heavy atom. The lowest BCUT2D eigenvalue weighted by Crippen LogP contribution is -2.45. The van der Waals surface area contributed by atoms with Gasteiger partial charge in [0, 0.05) is 37.4 Å². The maximum absolute atomic E-state index is 4.58. The minimum atomic E-state index is 0.483. The van der Waals surface area contributed by atoms with E-state index in [1.54, 1.807) is 0 Å². The average Bonchev–Trinajstić information content (AvgIpc) is 3.00. The summed E-state index contributed by atoms with van der Waals surface area (Å²) in [6.07, 6.45) is 2.44. The number of aliphatic imine (C=N–C) groups is 1. The molecule has 1 heterocycles. The first kappa shape index (κ1) is 14.2. The Hall–Kier alpha value is -1.71. The Balaban J connectivity index is 1.54. The number of hydrogen-bond acceptors (Lipinski definition) is 2. The molecular formula is C17H26N4. The smallest absolute Gasteiger partial charge is 0.191 e. The van der Waals surface area contributed by atoms with Crippen molar-refractivity contribution in [2.75, 3.05) is 24.5 Å². The van der Waals surface area contributed by atoms with E-state index in [-0.39, 0.29) is 0 Å². The molecule has 2 fully saturated rings. The quantitative estimate of drug-likeness (QED) is 0.658. The third-order valence-electron chi connectivity index (χ3n) is 4.40. The van der Waals surface area contributed by atoms with Crippen LogP contribution in [-0.2, 0) is 0 Å². The number of guanidine groups is 1. The first-order valence-corrected chi connectivity index (χ1v) is 8.13. The van der Waals surface area contributed by atoms with Crippen LogP contribution < -0.4 is 15.5 Å². The topological polar surface area (TPSA) is 39.7 Å². The van der Waals surface area contributed by atoms with Gasteiger partial charge in [0.1, 0.15) is 0 Å². The van der Waals surface area contributed by atoms with Crippen LogP contribution in [0, 0.1) is 5.92 Å². The van der Waals surface area contributed by atoms with Crippen LogP contribution in [0.4, 0.5) is 5.69 Å². The van der Waals surface area contributed by atoms with Gasteiger partial charge in [-0.05, 0) is 37.8 Å². The molecule has 3 unspecified atom stereocenters. The van der Waals surface area contributed by atoms with Gasteiger partial charge in [0.15, 0.2) is 5.96 Å². The van der Waals surface area contributed by atoms with Crippen molar-refractivity contribution in [1.29, 1.82) is 0 Å². The van der Waals surface area contributed by atoms with Crippen LogP contribution in [0.25, 0.3) is 0 Å². The maximum Gasteiger partial charge on any atom is 0.191 e. The minimum Gasteiger partial charge on any atom is -0.369 e. The second kappa shape index (κ2) is 6.37. The summed E-state index contributed by atoms with van der Waals surface area (Å²) in [6, 6.07) is 11.8. The molecule has 2 aliphatic rings. The summed E-state index contributed by atoms with van der Waals surface area (Å²) in [5.74, 6) is 1.78. The highest BCUT2D eigenvalue weighted by Crippen LogP contribution is 2.28. The molecule has 114 valence electrons. The van der Waals surface area contributed by atoms with Crippen LogP contribution in [0.1, 0.15) is 26.7 Å². The molecular weight excluding hydrogens is 260 g/mol. The van der Waals surface area contributed by atoms with Crippen molar-refractivity contribution in [3.05, 3.63) is 30.3 Å². The summed E-state index contributed by atoms with van der Waals surface area (Å²) in [5, 5.41) is 7.15. The molecule has 1 aliphatic heterocycles. The highest BCUT2D eigenvalue weighted by atomic mass is 15.3. The molecule has 3 atom stereocenters. The number of anilines is 1. The normalized spacial score (nSPS) is 28.6. The van der Waals surface area contributed by atoms with Crippen molar-refractivity contribution in [2.45, 2.75) is 38.8 Å². The molecule has 0 bridgehead atoms. The molecule has 2 N–H and O–H groups in total. The summed E-state index contributed by atoms with van der Waals surface area (Å²) in [6.45, 7) is 7.36. The number of benzene rings is 1. The molecule has 1 saturated carbocycles. The summed E-state index contributed by atoms with van der Waals surface area (Å²) in [5.41, 5.74) is 1.32. The van der Waals surface area contributed by atoms with Crippen molar-refractivity contribution < 1.29 is 0 Å². The zero-order valence-electron chi connectivity index (χ0n) is 13.0. The lowest BCUT2D eigenvalue weighted by molar-refractivity contribution is 0.641. The second-order valence-corrected chi connectivity index (χ2v) is 6.20. The van der Waals surface area contributed by atoms with E-state index in [0.29, 0.717) is 12.1 Å². The molecule has 0 amide bonds. The predicted molar refractivity (Wildman–Crippen MR) is 88.9 cm³/mol. The largest absolute Gasteiger partial charge is 0.369 e. The number of nitrogens with one attached hydrogen (secondary N) is 2. The van der Waals surface area contributed by atoms with Crippen molar-refractivity contribution >= 4 is 11.6 Å². The number of rotatable bonds is 4. The molecule has 21 heavy (non-hydrogen) atoms. The third kappa shape index (κ3) is 3.69. The van der Waals surface area contributed by atoms with Crippen LogP contribution in [0.3, 0.4) is 0 Å². The number of para-hydroxylation sites is 1. The molecule has 0 aromatic heterocycles. The fourth-order valence-electron chi connectivity index (χ4n) is 2.93. The Labute approximate surface area is 127 Å². The second-order valence-electron chi connectivity index (χ2n) is 6.20. The van der Waals surface area contributed by atoms with Crippen molar-refractivity contribution in [1.82, 2.24) is 10.6 Å². The average molecular weight is 286 g/mol. The van der Waals surface area contributed by atoms with Gasteiger partial charge in [-0.25, -0.2) is 0 Å². The number of nitrogens with zero attached hydrogens (tertiary/aromatic N) is 2. The van der Waals surface area contributed by atoms with Gasteiger partial charge in [0.05, 0.1) is 0 Å². The zero-order chi connectivity index (χ0) is 14.7. The van der Waals surface area contributed by atoms with Crippen LogP contribution in [0.5, 0.6) is 0 Å². The number of hydrogen-bond donors (Lipinski definition) is 2. The third-order valence-corrected chi connectivity index (χ3v) is 4.40. The molecule has 3 rings (SSSR count). The monoisotopic (exact) mass is 286 g/mol. The van der Waals surface area contributed by atoms with Crippen molar-refractivity contribution in [2.24, 2.45) is 10.9 Å². The van der Waals surface area contributed by atoms with Crippen molar-refractivity contribution in [3.8, 4) is 0 Å². The van der Waals surface area contributed by atoms with Crippen LogP contribution in [-0.4, -0.2) is 37.7 Å². The fourth-order valence-corrected chi connectivity index (χ4v) is 2.93. The van der Waals surface area contributed by atoms with Crippen molar-refractivity contribution in [3.63, 3.8) is 0 Å². The Bertz CT molecular complexity index is 485. The van der Waals surface area contributed by atoms with E-state index in [4.69, 9.17) is 0 Å². The van der Waals surface area contributed by atoms with E-state index in [9.17, 15) is 0 Å². The van der Waals surface area contributed by atoms with Gasteiger partial charge in [-0.15, -0.1) is 0 Å². The van der Waals surface area contributed by atoms with E-state index >= 15 is 0 Å². The van der Waals surface area contributed by atoms with Gasteiger partial charge in [-0.1, -0.05) is 25.1 Å².